The maximum Gasteiger partial charge on any atom is 0.243 e. The van der Waals surface area contributed by atoms with Gasteiger partial charge in [0.15, 0.2) is 0 Å². The highest BCUT2D eigenvalue weighted by Crippen LogP contribution is 2.24. The van der Waals surface area contributed by atoms with Gasteiger partial charge in [-0.2, -0.15) is 4.31 Å². The van der Waals surface area contributed by atoms with Crippen molar-refractivity contribution in [3.63, 3.8) is 0 Å². The Hall–Kier alpha value is -0.690. The molecule has 2 rings (SSSR count). The van der Waals surface area contributed by atoms with E-state index in [1.54, 1.807) is 0 Å². The third-order valence-corrected chi connectivity index (χ3v) is 5.27. The molecule has 19 heavy (non-hydrogen) atoms. The number of rotatable bonds is 2. The standard InChI is InChI=1S/C12H17FN2O2S.ClH/c1-9-7-11(14)5-6-15(9)18(16,17)12-4-2-3-10(13)8-12;/h2-4,8-9,11H,5-7,14H2,1H3;1H. The minimum atomic E-state index is -3.62. The molecule has 1 aliphatic rings. The molecule has 0 spiro atoms. The van der Waals surface area contributed by atoms with Gasteiger partial charge in [-0.05, 0) is 38.0 Å². The predicted molar refractivity (Wildman–Crippen MR) is 74.2 cm³/mol. The van der Waals surface area contributed by atoms with Gasteiger partial charge in [-0.1, -0.05) is 6.07 Å². The molecule has 0 aliphatic carbocycles. The fraction of sp³-hybridized carbons (Fsp3) is 0.500. The normalized spacial score (nSPS) is 24.8. The minimum Gasteiger partial charge on any atom is -0.328 e. The molecule has 2 N–H and O–H groups in total. The van der Waals surface area contributed by atoms with Crippen molar-refractivity contribution < 1.29 is 12.8 Å². The lowest BCUT2D eigenvalue weighted by molar-refractivity contribution is 0.247. The van der Waals surface area contributed by atoms with E-state index in [0.29, 0.717) is 19.4 Å². The van der Waals surface area contributed by atoms with Gasteiger partial charge in [0.05, 0.1) is 4.90 Å². The van der Waals surface area contributed by atoms with E-state index >= 15 is 0 Å². The number of benzene rings is 1. The monoisotopic (exact) mass is 308 g/mol. The lowest BCUT2D eigenvalue weighted by Gasteiger charge is -2.35. The molecule has 0 bridgehead atoms. The predicted octanol–water partition coefficient (Wildman–Crippen LogP) is 1.75. The van der Waals surface area contributed by atoms with Crippen LogP contribution in [-0.2, 0) is 10.0 Å². The highest BCUT2D eigenvalue weighted by Gasteiger charge is 2.33. The van der Waals surface area contributed by atoms with Crippen molar-refractivity contribution in [2.24, 2.45) is 5.73 Å². The molecule has 1 aromatic rings. The number of piperidine rings is 1. The summed E-state index contributed by atoms with van der Waals surface area (Å²) in [5.41, 5.74) is 5.81. The average molecular weight is 309 g/mol. The maximum atomic E-state index is 13.1. The van der Waals surface area contributed by atoms with Crippen LogP contribution in [0.5, 0.6) is 0 Å². The van der Waals surface area contributed by atoms with E-state index in [9.17, 15) is 12.8 Å². The van der Waals surface area contributed by atoms with Crippen LogP contribution in [0, 0.1) is 5.82 Å². The minimum absolute atomic E-state index is 0. The maximum absolute atomic E-state index is 13.1. The van der Waals surface area contributed by atoms with Crippen LogP contribution in [0.15, 0.2) is 29.2 Å². The highest BCUT2D eigenvalue weighted by molar-refractivity contribution is 7.89. The number of sulfonamides is 1. The average Bonchev–Trinajstić information content (AvgIpc) is 2.28. The van der Waals surface area contributed by atoms with Gasteiger partial charge in [-0.25, -0.2) is 12.8 Å². The first-order valence-corrected chi connectivity index (χ1v) is 7.38. The summed E-state index contributed by atoms with van der Waals surface area (Å²) >= 11 is 0. The largest absolute Gasteiger partial charge is 0.328 e. The summed E-state index contributed by atoms with van der Waals surface area (Å²) in [6, 6.07) is 4.99. The van der Waals surface area contributed by atoms with Gasteiger partial charge in [0.25, 0.3) is 0 Å². The molecule has 1 heterocycles. The third kappa shape index (κ3) is 3.45. The molecule has 7 heteroatoms. The van der Waals surface area contributed by atoms with Crippen LogP contribution >= 0.6 is 12.4 Å². The lowest BCUT2D eigenvalue weighted by atomic mass is 10.0. The van der Waals surface area contributed by atoms with E-state index in [1.807, 2.05) is 6.92 Å². The number of nitrogens with zero attached hydrogens (tertiary/aromatic N) is 1. The van der Waals surface area contributed by atoms with Gasteiger partial charge in [-0.15, -0.1) is 12.4 Å². The molecular formula is C12H18ClFN2O2S. The van der Waals surface area contributed by atoms with Crippen LogP contribution in [0.2, 0.25) is 0 Å². The van der Waals surface area contributed by atoms with Crippen molar-refractivity contribution in [1.29, 1.82) is 0 Å². The van der Waals surface area contributed by atoms with Crippen LogP contribution in [0.4, 0.5) is 4.39 Å². The molecule has 1 saturated heterocycles. The summed E-state index contributed by atoms with van der Waals surface area (Å²) in [6.45, 7) is 2.22. The van der Waals surface area contributed by atoms with Crippen LogP contribution in [0.1, 0.15) is 19.8 Å². The number of nitrogens with two attached hydrogens (primary N) is 1. The molecule has 1 fully saturated rings. The van der Waals surface area contributed by atoms with E-state index in [4.69, 9.17) is 5.73 Å². The Bertz CT molecular complexity index is 538. The van der Waals surface area contributed by atoms with E-state index in [0.717, 1.165) is 6.07 Å². The van der Waals surface area contributed by atoms with Crippen LogP contribution in [0.25, 0.3) is 0 Å². The lowest BCUT2D eigenvalue weighted by Crippen LogP contribution is -2.48. The van der Waals surface area contributed by atoms with E-state index in [-0.39, 0.29) is 29.4 Å². The Morgan fingerprint density at radius 2 is 2.11 bits per heavy atom. The fourth-order valence-electron chi connectivity index (χ4n) is 2.31. The summed E-state index contributed by atoms with van der Waals surface area (Å²) in [5.74, 6) is -0.544. The number of halogens is 2. The van der Waals surface area contributed by atoms with Crippen molar-refractivity contribution in [1.82, 2.24) is 4.31 Å². The molecule has 0 radical (unpaired) electrons. The van der Waals surface area contributed by atoms with Crippen LogP contribution in [-0.4, -0.2) is 31.4 Å². The molecule has 1 aliphatic heterocycles. The van der Waals surface area contributed by atoms with Gasteiger partial charge >= 0.3 is 0 Å². The Kier molecular flexibility index (Phi) is 5.32. The molecule has 2 atom stereocenters. The zero-order valence-corrected chi connectivity index (χ0v) is 12.3. The summed E-state index contributed by atoms with van der Waals surface area (Å²) in [6.07, 6.45) is 1.27. The number of hydrogen-bond acceptors (Lipinski definition) is 3. The second-order valence-electron chi connectivity index (χ2n) is 4.71. The second kappa shape index (κ2) is 6.17. The molecule has 4 nitrogen and oxygen atoms in total. The van der Waals surface area contributed by atoms with E-state index in [2.05, 4.69) is 0 Å². The molecule has 108 valence electrons. The van der Waals surface area contributed by atoms with Crippen molar-refractivity contribution >= 4 is 22.4 Å². The first-order valence-electron chi connectivity index (χ1n) is 5.94. The van der Waals surface area contributed by atoms with Gasteiger partial charge in [0.1, 0.15) is 5.82 Å². The summed E-state index contributed by atoms with van der Waals surface area (Å²) in [5, 5.41) is 0. The SMILES string of the molecule is CC1CC(N)CCN1S(=O)(=O)c1cccc(F)c1.Cl. The third-order valence-electron chi connectivity index (χ3n) is 3.26. The molecule has 2 unspecified atom stereocenters. The summed E-state index contributed by atoms with van der Waals surface area (Å²) in [7, 11) is -3.62. The first-order chi connectivity index (χ1) is 8.41. The zero-order chi connectivity index (χ0) is 13.3. The Morgan fingerprint density at radius 1 is 1.42 bits per heavy atom. The second-order valence-corrected chi connectivity index (χ2v) is 6.60. The summed E-state index contributed by atoms with van der Waals surface area (Å²) in [4.78, 5) is 0.00446. The summed E-state index contributed by atoms with van der Waals surface area (Å²) < 4.78 is 39.3. The Balaban J connectivity index is 0.00000180. The van der Waals surface area contributed by atoms with Gasteiger partial charge in [0.2, 0.25) is 10.0 Å². The quantitative estimate of drug-likeness (QED) is 0.905. The van der Waals surface area contributed by atoms with Crippen molar-refractivity contribution in [2.45, 2.75) is 36.7 Å². The number of hydrogen-bond donors (Lipinski definition) is 1. The van der Waals surface area contributed by atoms with E-state index < -0.39 is 15.8 Å². The smallest absolute Gasteiger partial charge is 0.243 e. The van der Waals surface area contributed by atoms with Crippen molar-refractivity contribution in [3.8, 4) is 0 Å². The molecule has 0 saturated carbocycles. The van der Waals surface area contributed by atoms with Crippen molar-refractivity contribution in [3.05, 3.63) is 30.1 Å². The molecule has 1 aromatic carbocycles. The zero-order valence-electron chi connectivity index (χ0n) is 10.6. The van der Waals surface area contributed by atoms with Crippen molar-refractivity contribution in [2.75, 3.05) is 6.54 Å². The van der Waals surface area contributed by atoms with Crippen LogP contribution in [0.3, 0.4) is 0 Å². The molecular weight excluding hydrogens is 291 g/mol. The first kappa shape index (κ1) is 16.4. The fourth-order valence-corrected chi connectivity index (χ4v) is 4.00. The topological polar surface area (TPSA) is 63.4 Å². The van der Waals surface area contributed by atoms with Gasteiger partial charge in [0, 0.05) is 18.6 Å². The molecule has 0 amide bonds. The van der Waals surface area contributed by atoms with E-state index in [1.165, 1.54) is 22.5 Å². The highest BCUT2D eigenvalue weighted by atomic mass is 35.5. The van der Waals surface area contributed by atoms with Gasteiger partial charge in [-0.3, -0.25) is 0 Å². The Labute approximate surface area is 119 Å². The Morgan fingerprint density at radius 3 is 2.68 bits per heavy atom. The van der Waals surface area contributed by atoms with Gasteiger partial charge < -0.3 is 5.73 Å². The van der Waals surface area contributed by atoms with Crippen LogP contribution < -0.4 is 5.73 Å². The molecule has 0 aromatic heterocycles.